The SMILES string of the molecule is O=CC(=O)C1c2ccccc2CN1Cc1nc2cccc([N+](=O)[O-])c2nc1-c1ccccc1Cl. The van der Waals surface area contributed by atoms with E-state index in [2.05, 4.69) is 4.98 Å². The van der Waals surface area contributed by atoms with Crippen LogP contribution in [0.4, 0.5) is 5.69 Å². The molecule has 1 aliphatic rings. The van der Waals surface area contributed by atoms with Crippen LogP contribution in [0.5, 0.6) is 0 Å². The first kappa shape index (κ1) is 21.8. The van der Waals surface area contributed by atoms with Crippen LogP contribution in [0.1, 0.15) is 22.9 Å². The smallest absolute Gasteiger partial charge is 0.295 e. The summed E-state index contributed by atoms with van der Waals surface area (Å²) in [6.45, 7) is 0.627. The van der Waals surface area contributed by atoms with Crippen LogP contribution in [-0.2, 0) is 22.7 Å². The molecular formula is C25H17ClN4O4. The minimum absolute atomic E-state index is 0.149. The maximum absolute atomic E-state index is 12.6. The molecule has 168 valence electrons. The van der Waals surface area contributed by atoms with Crippen LogP contribution in [0.3, 0.4) is 0 Å². The number of non-ortho nitro benzene ring substituents is 1. The standard InChI is InChI=1S/C25H17ClN4O4/c26-18-9-4-3-8-17(18)23-20(27-19-10-5-11-21(30(33)34)24(19)28-23)13-29-12-15-6-1-2-7-16(15)25(29)22(32)14-31/h1-11,14,25H,12-13H2. The number of Topliss-reactive ketones (excluding diaryl/α,β-unsaturated/α-hetero) is 1. The second-order valence-electron chi connectivity index (χ2n) is 7.93. The summed E-state index contributed by atoms with van der Waals surface area (Å²) >= 11 is 6.46. The normalized spacial score (nSPS) is 15.3. The van der Waals surface area contributed by atoms with Crippen molar-refractivity contribution in [3.8, 4) is 11.3 Å². The Morgan fingerprint density at radius 2 is 1.85 bits per heavy atom. The maximum Gasteiger partial charge on any atom is 0.297 e. The molecule has 2 heterocycles. The number of hydrogen-bond acceptors (Lipinski definition) is 7. The lowest BCUT2D eigenvalue weighted by molar-refractivity contribution is -0.383. The second-order valence-corrected chi connectivity index (χ2v) is 8.33. The van der Waals surface area contributed by atoms with Gasteiger partial charge in [0.25, 0.3) is 5.69 Å². The molecule has 0 N–H and O–H groups in total. The minimum Gasteiger partial charge on any atom is -0.295 e. The molecule has 0 saturated carbocycles. The van der Waals surface area contributed by atoms with Gasteiger partial charge >= 0.3 is 0 Å². The molecule has 5 rings (SSSR count). The van der Waals surface area contributed by atoms with E-state index in [1.807, 2.05) is 29.2 Å². The number of para-hydroxylation sites is 1. The molecule has 0 saturated heterocycles. The van der Waals surface area contributed by atoms with Gasteiger partial charge in [0.15, 0.2) is 11.8 Å². The highest BCUT2D eigenvalue weighted by Crippen LogP contribution is 2.38. The molecule has 0 spiro atoms. The fourth-order valence-electron chi connectivity index (χ4n) is 4.41. The van der Waals surface area contributed by atoms with Crippen LogP contribution in [0, 0.1) is 10.1 Å². The van der Waals surface area contributed by atoms with Crippen LogP contribution in [0.2, 0.25) is 5.02 Å². The first-order valence-electron chi connectivity index (χ1n) is 10.5. The number of fused-ring (bicyclic) bond motifs is 2. The number of rotatable bonds is 6. The largest absolute Gasteiger partial charge is 0.297 e. The Balaban J connectivity index is 1.68. The van der Waals surface area contributed by atoms with Gasteiger partial charge in [0.05, 0.1) is 26.9 Å². The van der Waals surface area contributed by atoms with Crippen LogP contribution in [0.25, 0.3) is 22.3 Å². The Morgan fingerprint density at radius 1 is 1.09 bits per heavy atom. The van der Waals surface area contributed by atoms with Crippen molar-refractivity contribution in [1.29, 1.82) is 0 Å². The van der Waals surface area contributed by atoms with Gasteiger partial charge in [-0.05, 0) is 23.3 Å². The van der Waals surface area contributed by atoms with Gasteiger partial charge in [-0.15, -0.1) is 0 Å². The van der Waals surface area contributed by atoms with Gasteiger partial charge in [-0.2, -0.15) is 0 Å². The molecule has 34 heavy (non-hydrogen) atoms. The van der Waals surface area contributed by atoms with Gasteiger partial charge < -0.3 is 0 Å². The second kappa shape index (κ2) is 8.74. The molecule has 3 aromatic carbocycles. The van der Waals surface area contributed by atoms with Gasteiger partial charge in [0, 0.05) is 24.7 Å². The van der Waals surface area contributed by atoms with Crippen LogP contribution in [-0.4, -0.2) is 31.9 Å². The van der Waals surface area contributed by atoms with Crippen molar-refractivity contribution >= 4 is 40.4 Å². The van der Waals surface area contributed by atoms with Crippen molar-refractivity contribution in [2.45, 2.75) is 19.1 Å². The molecular weight excluding hydrogens is 456 g/mol. The summed E-state index contributed by atoms with van der Waals surface area (Å²) < 4.78 is 0. The van der Waals surface area contributed by atoms with E-state index in [1.54, 1.807) is 36.4 Å². The van der Waals surface area contributed by atoms with Gasteiger partial charge in [0.1, 0.15) is 6.04 Å². The van der Waals surface area contributed by atoms with Crippen molar-refractivity contribution in [3.05, 3.63) is 98.7 Å². The van der Waals surface area contributed by atoms with E-state index in [4.69, 9.17) is 16.6 Å². The third-order valence-corrected chi connectivity index (χ3v) is 6.23. The Morgan fingerprint density at radius 3 is 2.62 bits per heavy atom. The summed E-state index contributed by atoms with van der Waals surface area (Å²) in [5, 5.41) is 12.0. The summed E-state index contributed by atoms with van der Waals surface area (Å²) in [5.74, 6) is -0.548. The number of nitrogens with zero attached hydrogens (tertiary/aromatic N) is 4. The molecule has 1 atom stereocenters. The number of benzene rings is 3. The Kier molecular flexibility index (Phi) is 5.61. The molecule has 8 nitrogen and oxygen atoms in total. The van der Waals surface area contributed by atoms with Crippen LogP contribution in [0.15, 0.2) is 66.7 Å². The maximum atomic E-state index is 12.6. The van der Waals surface area contributed by atoms with E-state index in [-0.39, 0.29) is 17.7 Å². The molecule has 0 radical (unpaired) electrons. The van der Waals surface area contributed by atoms with Crippen LogP contribution < -0.4 is 0 Å². The number of carbonyl (C=O) groups is 2. The van der Waals surface area contributed by atoms with E-state index in [0.29, 0.717) is 40.3 Å². The van der Waals surface area contributed by atoms with Crippen molar-refractivity contribution in [3.63, 3.8) is 0 Å². The lowest BCUT2D eigenvalue weighted by Gasteiger charge is -2.23. The van der Waals surface area contributed by atoms with Gasteiger partial charge in [-0.3, -0.25) is 24.6 Å². The zero-order valence-electron chi connectivity index (χ0n) is 17.7. The Bertz CT molecular complexity index is 1470. The van der Waals surface area contributed by atoms with E-state index < -0.39 is 16.7 Å². The number of nitro groups is 1. The van der Waals surface area contributed by atoms with Crippen LogP contribution >= 0.6 is 11.6 Å². The fraction of sp³-hybridized carbons (Fsp3) is 0.120. The minimum atomic E-state index is -0.740. The average Bonchev–Trinajstić information content (AvgIpc) is 3.21. The van der Waals surface area contributed by atoms with Crippen molar-refractivity contribution in [1.82, 2.24) is 14.9 Å². The number of hydrogen-bond donors (Lipinski definition) is 0. The Labute approximate surface area is 199 Å². The topological polar surface area (TPSA) is 106 Å². The fourth-order valence-corrected chi connectivity index (χ4v) is 4.64. The van der Waals surface area contributed by atoms with Crippen molar-refractivity contribution in [2.24, 2.45) is 0 Å². The van der Waals surface area contributed by atoms with E-state index >= 15 is 0 Å². The Hall–Kier alpha value is -4.01. The lowest BCUT2D eigenvalue weighted by atomic mass is 10.0. The summed E-state index contributed by atoms with van der Waals surface area (Å²) in [5.41, 5.74) is 3.54. The van der Waals surface area contributed by atoms with Crippen molar-refractivity contribution < 1.29 is 14.5 Å². The van der Waals surface area contributed by atoms with Gasteiger partial charge in [-0.25, -0.2) is 9.97 Å². The highest BCUT2D eigenvalue weighted by molar-refractivity contribution is 6.33. The molecule has 0 aliphatic carbocycles. The molecule has 1 unspecified atom stereocenters. The highest BCUT2D eigenvalue weighted by Gasteiger charge is 2.36. The number of aromatic nitrogens is 2. The lowest BCUT2D eigenvalue weighted by Crippen LogP contribution is -2.29. The summed E-state index contributed by atoms with van der Waals surface area (Å²) in [4.78, 5) is 46.3. The molecule has 4 aromatic rings. The predicted molar refractivity (Wildman–Crippen MR) is 126 cm³/mol. The van der Waals surface area contributed by atoms with E-state index in [9.17, 15) is 19.7 Å². The number of halogens is 1. The monoisotopic (exact) mass is 472 g/mol. The summed E-state index contributed by atoms with van der Waals surface area (Å²) in [6.07, 6.45) is 0.337. The molecule has 1 aliphatic heterocycles. The summed E-state index contributed by atoms with van der Waals surface area (Å²) in [6, 6.07) is 18.4. The quantitative estimate of drug-likeness (QED) is 0.173. The molecule has 9 heteroatoms. The van der Waals surface area contributed by atoms with Crippen molar-refractivity contribution in [2.75, 3.05) is 0 Å². The highest BCUT2D eigenvalue weighted by atomic mass is 35.5. The number of aldehydes is 1. The predicted octanol–water partition coefficient (Wildman–Crippen LogP) is 4.68. The first-order chi connectivity index (χ1) is 16.5. The average molecular weight is 473 g/mol. The third kappa shape index (κ3) is 3.72. The zero-order chi connectivity index (χ0) is 23.8. The molecule has 1 aromatic heterocycles. The molecule has 0 fully saturated rings. The first-order valence-corrected chi connectivity index (χ1v) is 10.9. The van der Waals surface area contributed by atoms with Gasteiger partial charge in [0.2, 0.25) is 5.78 Å². The zero-order valence-corrected chi connectivity index (χ0v) is 18.5. The third-order valence-electron chi connectivity index (χ3n) is 5.90. The van der Waals surface area contributed by atoms with Gasteiger partial charge in [-0.1, -0.05) is 60.1 Å². The van der Waals surface area contributed by atoms with E-state index in [0.717, 1.165) is 11.1 Å². The molecule has 0 bridgehead atoms. The molecule has 0 amide bonds. The number of nitro benzene ring substituents is 1. The summed E-state index contributed by atoms with van der Waals surface area (Å²) in [7, 11) is 0. The van der Waals surface area contributed by atoms with E-state index in [1.165, 1.54) is 6.07 Å². The number of ketones is 1. The number of carbonyl (C=O) groups excluding carboxylic acids is 2.